The minimum Gasteiger partial charge on any atom is -0.326 e. The van der Waals surface area contributed by atoms with Crippen LogP contribution >= 0.6 is 23.7 Å². The van der Waals surface area contributed by atoms with Crippen molar-refractivity contribution in [2.24, 2.45) is 5.73 Å². The van der Waals surface area contributed by atoms with Crippen molar-refractivity contribution in [2.45, 2.75) is 45.7 Å². The Bertz CT molecular complexity index is 566. The van der Waals surface area contributed by atoms with Gasteiger partial charge in [0, 0.05) is 29.2 Å². The van der Waals surface area contributed by atoms with Crippen LogP contribution in [-0.2, 0) is 13.0 Å². The lowest BCUT2D eigenvalue weighted by Gasteiger charge is -2.20. The standard InChI is InChI=1S/C18H27N3S.ClH/c1-14(2)21(3)11-5-4-6-15-7-9-16(10-8-15)18-20-13-17(12-19)22-18;/h7-10,13-14H,4-6,11-12,19H2,1-3H3;1H. The molecule has 0 bridgehead atoms. The Hall–Kier alpha value is -0.940. The van der Waals surface area contributed by atoms with Crippen LogP contribution in [0.2, 0.25) is 0 Å². The number of nitrogens with zero attached hydrogens (tertiary/aromatic N) is 2. The van der Waals surface area contributed by atoms with Gasteiger partial charge in [-0.2, -0.15) is 0 Å². The first-order chi connectivity index (χ1) is 10.6. The number of unbranched alkanes of at least 4 members (excludes halogenated alkanes) is 1. The Labute approximate surface area is 150 Å². The highest BCUT2D eigenvalue weighted by Gasteiger charge is 2.05. The fourth-order valence-corrected chi connectivity index (χ4v) is 3.09. The van der Waals surface area contributed by atoms with Gasteiger partial charge in [-0.3, -0.25) is 0 Å². The van der Waals surface area contributed by atoms with Gasteiger partial charge in [0.2, 0.25) is 0 Å². The smallest absolute Gasteiger partial charge is 0.123 e. The van der Waals surface area contributed by atoms with Gasteiger partial charge >= 0.3 is 0 Å². The molecular weight excluding hydrogens is 326 g/mol. The lowest BCUT2D eigenvalue weighted by molar-refractivity contribution is 0.268. The molecule has 1 aromatic heterocycles. The Balaban J connectivity index is 0.00000264. The Morgan fingerprint density at radius 3 is 2.43 bits per heavy atom. The van der Waals surface area contributed by atoms with Crippen molar-refractivity contribution in [1.29, 1.82) is 0 Å². The van der Waals surface area contributed by atoms with Gasteiger partial charge in [0.25, 0.3) is 0 Å². The lowest BCUT2D eigenvalue weighted by Crippen LogP contribution is -2.27. The number of aryl methyl sites for hydroxylation is 1. The molecule has 0 saturated carbocycles. The third-order valence-electron chi connectivity index (χ3n) is 4.06. The molecule has 0 saturated heterocycles. The molecule has 128 valence electrons. The predicted molar refractivity (Wildman–Crippen MR) is 103 cm³/mol. The van der Waals surface area contributed by atoms with E-state index in [1.165, 1.54) is 30.5 Å². The molecule has 1 aromatic carbocycles. The molecule has 0 aliphatic carbocycles. The fraction of sp³-hybridized carbons (Fsp3) is 0.500. The van der Waals surface area contributed by atoms with Crippen LogP contribution in [0.3, 0.4) is 0 Å². The van der Waals surface area contributed by atoms with E-state index >= 15 is 0 Å². The number of aromatic nitrogens is 1. The van der Waals surface area contributed by atoms with Gasteiger partial charge in [-0.25, -0.2) is 4.98 Å². The van der Waals surface area contributed by atoms with E-state index in [1.54, 1.807) is 11.3 Å². The van der Waals surface area contributed by atoms with E-state index in [9.17, 15) is 0 Å². The van der Waals surface area contributed by atoms with Crippen LogP contribution in [0.4, 0.5) is 0 Å². The van der Waals surface area contributed by atoms with Crippen LogP contribution in [-0.4, -0.2) is 29.5 Å². The molecule has 1 heterocycles. The zero-order valence-corrected chi connectivity index (χ0v) is 15.9. The van der Waals surface area contributed by atoms with Crippen LogP contribution in [0, 0.1) is 0 Å². The average Bonchev–Trinajstić information content (AvgIpc) is 3.01. The Kier molecular flexibility index (Phi) is 8.77. The highest BCUT2D eigenvalue weighted by atomic mass is 35.5. The van der Waals surface area contributed by atoms with E-state index in [1.807, 2.05) is 6.20 Å². The van der Waals surface area contributed by atoms with Gasteiger partial charge < -0.3 is 10.6 Å². The normalized spacial score (nSPS) is 11.0. The second-order valence-corrected chi connectivity index (χ2v) is 7.18. The first kappa shape index (κ1) is 20.1. The molecule has 0 atom stereocenters. The predicted octanol–water partition coefficient (Wildman–Crippen LogP) is 4.35. The molecule has 0 aliphatic heterocycles. The minimum atomic E-state index is 0. The average molecular weight is 354 g/mol. The van der Waals surface area contributed by atoms with E-state index in [0.29, 0.717) is 12.6 Å². The summed E-state index contributed by atoms with van der Waals surface area (Å²) in [6.07, 6.45) is 5.52. The van der Waals surface area contributed by atoms with Crippen molar-refractivity contribution in [3.05, 3.63) is 40.9 Å². The number of hydrogen-bond acceptors (Lipinski definition) is 4. The molecule has 0 amide bonds. The molecule has 2 N–H and O–H groups in total. The van der Waals surface area contributed by atoms with Gasteiger partial charge in [0.05, 0.1) is 0 Å². The number of hydrogen-bond donors (Lipinski definition) is 1. The fourth-order valence-electron chi connectivity index (χ4n) is 2.30. The number of benzene rings is 1. The maximum atomic E-state index is 5.64. The number of nitrogens with two attached hydrogens (primary N) is 1. The van der Waals surface area contributed by atoms with Gasteiger partial charge in [-0.1, -0.05) is 24.3 Å². The SMILES string of the molecule is CC(C)N(C)CCCCc1ccc(-c2ncc(CN)s2)cc1.Cl. The molecule has 0 aliphatic rings. The summed E-state index contributed by atoms with van der Waals surface area (Å²) >= 11 is 1.68. The molecule has 2 rings (SSSR count). The molecule has 0 unspecified atom stereocenters. The summed E-state index contributed by atoms with van der Waals surface area (Å²) in [5.74, 6) is 0. The summed E-state index contributed by atoms with van der Waals surface area (Å²) in [4.78, 5) is 7.97. The first-order valence-corrected chi connectivity index (χ1v) is 8.86. The van der Waals surface area contributed by atoms with E-state index in [-0.39, 0.29) is 12.4 Å². The van der Waals surface area contributed by atoms with Gasteiger partial charge in [-0.15, -0.1) is 23.7 Å². The minimum absolute atomic E-state index is 0. The van der Waals surface area contributed by atoms with Crippen molar-refractivity contribution in [2.75, 3.05) is 13.6 Å². The van der Waals surface area contributed by atoms with E-state index in [4.69, 9.17) is 5.73 Å². The molecule has 0 spiro atoms. The van der Waals surface area contributed by atoms with Gasteiger partial charge in [0.1, 0.15) is 5.01 Å². The van der Waals surface area contributed by atoms with Crippen molar-refractivity contribution in [3.63, 3.8) is 0 Å². The van der Waals surface area contributed by atoms with Crippen molar-refractivity contribution in [3.8, 4) is 10.6 Å². The topological polar surface area (TPSA) is 42.2 Å². The quantitative estimate of drug-likeness (QED) is 0.717. The Morgan fingerprint density at radius 1 is 1.17 bits per heavy atom. The van der Waals surface area contributed by atoms with E-state index in [0.717, 1.165) is 16.3 Å². The van der Waals surface area contributed by atoms with Crippen molar-refractivity contribution >= 4 is 23.7 Å². The summed E-state index contributed by atoms with van der Waals surface area (Å²) in [6, 6.07) is 9.44. The largest absolute Gasteiger partial charge is 0.326 e. The second kappa shape index (κ2) is 10.0. The highest BCUT2D eigenvalue weighted by Crippen LogP contribution is 2.25. The van der Waals surface area contributed by atoms with Crippen LogP contribution in [0.1, 0.15) is 37.1 Å². The summed E-state index contributed by atoms with van der Waals surface area (Å²) < 4.78 is 0. The number of rotatable bonds is 8. The van der Waals surface area contributed by atoms with Gasteiger partial charge in [-0.05, 0) is 52.3 Å². The summed E-state index contributed by atoms with van der Waals surface area (Å²) in [5, 5.41) is 1.06. The summed E-state index contributed by atoms with van der Waals surface area (Å²) in [6.45, 7) is 6.23. The molecule has 0 fully saturated rings. The maximum absolute atomic E-state index is 5.64. The molecule has 0 radical (unpaired) electrons. The zero-order chi connectivity index (χ0) is 15.9. The summed E-state index contributed by atoms with van der Waals surface area (Å²) in [7, 11) is 2.20. The molecular formula is C18H28ClN3S. The first-order valence-electron chi connectivity index (χ1n) is 8.04. The Morgan fingerprint density at radius 2 is 1.87 bits per heavy atom. The van der Waals surface area contributed by atoms with Crippen LogP contribution in [0.15, 0.2) is 30.5 Å². The van der Waals surface area contributed by atoms with Crippen LogP contribution < -0.4 is 5.73 Å². The van der Waals surface area contributed by atoms with E-state index in [2.05, 4.69) is 55.0 Å². The van der Waals surface area contributed by atoms with E-state index < -0.39 is 0 Å². The third-order valence-corrected chi connectivity index (χ3v) is 5.13. The molecule has 5 heteroatoms. The van der Waals surface area contributed by atoms with Gasteiger partial charge in [0.15, 0.2) is 0 Å². The maximum Gasteiger partial charge on any atom is 0.123 e. The second-order valence-electron chi connectivity index (χ2n) is 6.06. The molecule has 23 heavy (non-hydrogen) atoms. The van der Waals surface area contributed by atoms with Crippen molar-refractivity contribution < 1.29 is 0 Å². The third kappa shape index (κ3) is 6.22. The molecule has 3 nitrogen and oxygen atoms in total. The molecule has 2 aromatic rings. The monoisotopic (exact) mass is 353 g/mol. The van der Waals surface area contributed by atoms with Crippen LogP contribution in [0.25, 0.3) is 10.6 Å². The number of thiazole rings is 1. The highest BCUT2D eigenvalue weighted by molar-refractivity contribution is 7.15. The zero-order valence-electron chi connectivity index (χ0n) is 14.3. The number of halogens is 1. The van der Waals surface area contributed by atoms with Crippen molar-refractivity contribution in [1.82, 2.24) is 9.88 Å². The lowest BCUT2D eigenvalue weighted by atomic mass is 10.1. The van der Waals surface area contributed by atoms with Crippen LogP contribution in [0.5, 0.6) is 0 Å². The summed E-state index contributed by atoms with van der Waals surface area (Å²) in [5.41, 5.74) is 8.24.